The van der Waals surface area contributed by atoms with Crippen molar-refractivity contribution >= 4 is 9.84 Å². The molecule has 2 fully saturated rings. The SMILES string of the molecule is O=S1(=O)CCC(NCc2ccccc2C2CC2)C1. The lowest BCUT2D eigenvalue weighted by molar-refractivity contribution is 0.552. The van der Waals surface area contributed by atoms with Crippen molar-refractivity contribution in [2.24, 2.45) is 0 Å². The Kier molecular flexibility index (Phi) is 3.16. The van der Waals surface area contributed by atoms with E-state index in [9.17, 15) is 8.42 Å². The summed E-state index contributed by atoms with van der Waals surface area (Å²) in [5, 5.41) is 3.40. The summed E-state index contributed by atoms with van der Waals surface area (Å²) in [7, 11) is -2.78. The third-order valence-corrected chi connectivity index (χ3v) is 5.65. The highest BCUT2D eigenvalue weighted by Crippen LogP contribution is 2.41. The smallest absolute Gasteiger partial charge is 0.151 e. The van der Waals surface area contributed by atoms with Crippen molar-refractivity contribution in [1.29, 1.82) is 0 Å². The van der Waals surface area contributed by atoms with Gasteiger partial charge in [0.1, 0.15) is 0 Å². The predicted octanol–water partition coefficient (Wildman–Crippen LogP) is 1.84. The molecule has 0 radical (unpaired) electrons. The van der Waals surface area contributed by atoms with Crippen LogP contribution in [0.3, 0.4) is 0 Å². The second kappa shape index (κ2) is 4.67. The van der Waals surface area contributed by atoms with Gasteiger partial charge in [-0.2, -0.15) is 0 Å². The fraction of sp³-hybridized carbons (Fsp3) is 0.571. The topological polar surface area (TPSA) is 46.2 Å². The molecule has 1 aliphatic carbocycles. The maximum absolute atomic E-state index is 11.4. The zero-order chi connectivity index (χ0) is 12.6. The second-order valence-electron chi connectivity index (χ2n) is 5.45. The van der Waals surface area contributed by atoms with E-state index in [0.717, 1.165) is 18.9 Å². The maximum Gasteiger partial charge on any atom is 0.151 e. The molecule has 1 atom stereocenters. The molecular formula is C14H19NO2S. The minimum atomic E-state index is -2.78. The molecule has 1 aromatic rings. The van der Waals surface area contributed by atoms with E-state index < -0.39 is 9.84 Å². The van der Waals surface area contributed by atoms with Gasteiger partial charge in [-0.3, -0.25) is 0 Å². The largest absolute Gasteiger partial charge is 0.309 e. The van der Waals surface area contributed by atoms with Gasteiger partial charge in [0.05, 0.1) is 11.5 Å². The van der Waals surface area contributed by atoms with E-state index in [2.05, 4.69) is 29.6 Å². The summed E-state index contributed by atoms with van der Waals surface area (Å²) in [5.41, 5.74) is 2.79. The Hall–Kier alpha value is -0.870. The molecule has 0 amide bonds. The zero-order valence-corrected chi connectivity index (χ0v) is 11.2. The third-order valence-electron chi connectivity index (χ3n) is 3.89. The molecule has 1 saturated heterocycles. The molecule has 2 aliphatic rings. The first kappa shape index (κ1) is 12.2. The minimum absolute atomic E-state index is 0.141. The first-order chi connectivity index (χ1) is 8.64. The molecule has 1 heterocycles. The van der Waals surface area contributed by atoms with Crippen molar-refractivity contribution in [2.45, 2.75) is 37.8 Å². The van der Waals surface area contributed by atoms with Crippen LogP contribution in [0.2, 0.25) is 0 Å². The average Bonchev–Trinajstić information content (AvgIpc) is 3.12. The normalized spacial score (nSPS) is 26.3. The quantitative estimate of drug-likeness (QED) is 0.903. The molecule has 0 spiro atoms. The van der Waals surface area contributed by atoms with Crippen LogP contribution >= 0.6 is 0 Å². The molecule has 3 nitrogen and oxygen atoms in total. The molecule has 1 saturated carbocycles. The van der Waals surface area contributed by atoms with Crippen LogP contribution in [0, 0.1) is 0 Å². The molecule has 1 unspecified atom stereocenters. The molecule has 0 bridgehead atoms. The van der Waals surface area contributed by atoms with Gasteiger partial charge in [-0.15, -0.1) is 0 Å². The van der Waals surface area contributed by atoms with Gasteiger partial charge in [-0.05, 0) is 36.3 Å². The van der Waals surface area contributed by atoms with Crippen LogP contribution in [0.1, 0.15) is 36.3 Å². The van der Waals surface area contributed by atoms with Crippen LogP contribution in [-0.2, 0) is 16.4 Å². The highest BCUT2D eigenvalue weighted by atomic mass is 32.2. The minimum Gasteiger partial charge on any atom is -0.309 e. The van der Waals surface area contributed by atoms with E-state index in [4.69, 9.17) is 0 Å². The summed E-state index contributed by atoms with van der Waals surface area (Å²) in [6, 6.07) is 8.66. The van der Waals surface area contributed by atoms with E-state index in [0.29, 0.717) is 11.5 Å². The lowest BCUT2D eigenvalue weighted by atomic mass is 10.0. The van der Waals surface area contributed by atoms with Crippen molar-refractivity contribution < 1.29 is 8.42 Å². The Labute approximate surface area is 109 Å². The van der Waals surface area contributed by atoms with Crippen LogP contribution in [0.5, 0.6) is 0 Å². The van der Waals surface area contributed by atoms with E-state index in [-0.39, 0.29) is 6.04 Å². The average molecular weight is 265 g/mol. The van der Waals surface area contributed by atoms with Crippen LogP contribution in [0.15, 0.2) is 24.3 Å². The number of benzene rings is 1. The first-order valence-corrected chi connectivity index (χ1v) is 8.48. The lowest BCUT2D eigenvalue weighted by Crippen LogP contribution is -2.29. The van der Waals surface area contributed by atoms with Gasteiger partial charge in [0, 0.05) is 12.6 Å². The fourth-order valence-corrected chi connectivity index (χ4v) is 4.41. The zero-order valence-electron chi connectivity index (χ0n) is 10.4. The van der Waals surface area contributed by atoms with Crippen molar-refractivity contribution in [2.75, 3.05) is 11.5 Å². The van der Waals surface area contributed by atoms with Crippen LogP contribution in [-0.4, -0.2) is 26.0 Å². The Morgan fingerprint density at radius 2 is 1.94 bits per heavy atom. The van der Waals surface area contributed by atoms with Gasteiger partial charge in [0.25, 0.3) is 0 Å². The second-order valence-corrected chi connectivity index (χ2v) is 7.68. The van der Waals surface area contributed by atoms with Crippen LogP contribution in [0.4, 0.5) is 0 Å². The monoisotopic (exact) mass is 265 g/mol. The van der Waals surface area contributed by atoms with Crippen LogP contribution in [0.25, 0.3) is 0 Å². The number of hydrogen-bond acceptors (Lipinski definition) is 3. The summed E-state index contributed by atoms with van der Waals surface area (Å²) in [6.45, 7) is 0.798. The molecule has 1 aromatic carbocycles. The fourth-order valence-electron chi connectivity index (χ4n) is 2.70. The Bertz CT molecular complexity index is 534. The summed E-state index contributed by atoms with van der Waals surface area (Å²) >= 11 is 0. The Morgan fingerprint density at radius 1 is 1.17 bits per heavy atom. The standard InChI is InChI=1S/C14H19NO2S/c16-18(17)8-7-13(10-18)15-9-12-3-1-2-4-14(12)11-5-6-11/h1-4,11,13,15H,5-10H2. The van der Waals surface area contributed by atoms with Gasteiger partial charge in [-0.1, -0.05) is 24.3 Å². The van der Waals surface area contributed by atoms with Crippen molar-refractivity contribution in [1.82, 2.24) is 5.32 Å². The molecule has 1 N–H and O–H groups in total. The van der Waals surface area contributed by atoms with Crippen molar-refractivity contribution in [3.63, 3.8) is 0 Å². The molecular weight excluding hydrogens is 246 g/mol. The van der Waals surface area contributed by atoms with E-state index >= 15 is 0 Å². The number of rotatable bonds is 4. The summed E-state index contributed by atoms with van der Waals surface area (Å²) in [6.07, 6.45) is 3.36. The first-order valence-electron chi connectivity index (χ1n) is 6.66. The lowest BCUT2D eigenvalue weighted by Gasteiger charge is -2.13. The Balaban J connectivity index is 1.63. The molecule has 4 heteroatoms. The third kappa shape index (κ3) is 2.75. The van der Waals surface area contributed by atoms with E-state index in [1.54, 1.807) is 0 Å². The number of nitrogens with one attached hydrogen (secondary N) is 1. The van der Waals surface area contributed by atoms with Gasteiger partial charge in [-0.25, -0.2) is 8.42 Å². The Morgan fingerprint density at radius 3 is 2.61 bits per heavy atom. The van der Waals surface area contributed by atoms with E-state index in [1.807, 2.05) is 0 Å². The molecule has 18 heavy (non-hydrogen) atoms. The molecule has 98 valence electrons. The number of sulfone groups is 1. The van der Waals surface area contributed by atoms with Crippen molar-refractivity contribution in [3.05, 3.63) is 35.4 Å². The molecule has 1 aliphatic heterocycles. The molecule has 0 aromatic heterocycles. The highest BCUT2D eigenvalue weighted by molar-refractivity contribution is 7.91. The van der Waals surface area contributed by atoms with Crippen LogP contribution < -0.4 is 5.32 Å². The van der Waals surface area contributed by atoms with Gasteiger partial charge < -0.3 is 5.32 Å². The molecule has 3 rings (SSSR count). The van der Waals surface area contributed by atoms with Gasteiger partial charge in [0.2, 0.25) is 0 Å². The van der Waals surface area contributed by atoms with Crippen molar-refractivity contribution in [3.8, 4) is 0 Å². The summed E-state index contributed by atoms with van der Waals surface area (Å²) < 4.78 is 22.8. The summed E-state index contributed by atoms with van der Waals surface area (Å²) in [4.78, 5) is 0. The summed E-state index contributed by atoms with van der Waals surface area (Å²) in [5.74, 6) is 1.39. The van der Waals surface area contributed by atoms with Gasteiger partial charge >= 0.3 is 0 Å². The van der Waals surface area contributed by atoms with E-state index in [1.165, 1.54) is 24.0 Å². The number of hydrogen-bond donors (Lipinski definition) is 1. The van der Waals surface area contributed by atoms with Gasteiger partial charge in [0.15, 0.2) is 9.84 Å². The predicted molar refractivity (Wildman–Crippen MR) is 72.3 cm³/mol. The maximum atomic E-state index is 11.4. The highest BCUT2D eigenvalue weighted by Gasteiger charge is 2.28.